The number of hydrogen-bond acceptors (Lipinski definition) is 5. The van der Waals surface area contributed by atoms with Crippen LogP contribution in [-0.2, 0) is 4.74 Å². The van der Waals surface area contributed by atoms with E-state index in [1.807, 2.05) is 12.1 Å². The Hall–Kier alpha value is -1.33. The summed E-state index contributed by atoms with van der Waals surface area (Å²) < 4.78 is 10.4. The highest BCUT2D eigenvalue weighted by atomic mass is 16.5. The number of aromatic nitrogens is 1. The summed E-state index contributed by atoms with van der Waals surface area (Å²) in [7, 11) is 1.60. The van der Waals surface area contributed by atoms with Crippen LogP contribution in [0.1, 0.15) is 12.8 Å². The van der Waals surface area contributed by atoms with Crippen LogP contribution in [0.5, 0.6) is 5.75 Å². The molecule has 1 fully saturated rings. The van der Waals surface area contributed by atoms with Crippen molar-refractivity contribution in [3.63, 3.8) is 0 Å². The molecule has 1 aromatic heterocycles. The Morgan fingerprint density at radius 2 is 2.29 bits per heavy atom. The number of nitrogens with one attached hydrogen (secondary N) is 1. The smallest absolute Gasteiger partial charge is 0.168 e. The first kappa shape index (κ1) is 12.1. The summed E-state index contributed by atoms with van der Waals surface area (Å²) in [5, 5.41) is 13.4. The number of pyridine rings is 1. The van der Waals surface area contributed by atoms with Gasteiger partial charge in [0.1, 0.15) is 0 Å². The van der Waals surface area contributed by atoms with Gasteiger partial charge in [-0.2, -0.15) is 0 Å². The van der Waals surface area contributed by atoms with Crippen LogP contribution in [0.25, 0.3) is 0 Å². The standard InChI is InChI=1S/C12H18N2O3/c1-16-10-3-2-6-13-11(10)14-9-12(15)4-7-17-8-5-12/h2-3,6,15H,4-5,7-9H2,1H3,(H,13,14). The highest BCUT2D eigenvalue weighted by Gasteiger charge is 2.29. The molecule has 17 heavy (non-hydrogen) atoms. The Balaban J connectivity index is 1.96. The van der Waals surface area contributed by atoms with Crippen LogP contribution in [0.3, 0.4) is 0 Å². The highest BCUT2D eigenvalue weighted by molar-refractivity contribution is 5.49. The average molecular weight is 238 g/mol. The van der Waals surface area contributed by atoms with E-state index in [-0.39, 0.29) is 0 Å². The van der Waals surface area contributed by atoms with Gasteiger partial charge in [-0.1, -0.05) is 0 Å². The molecule has 0 saturated carbocycles. The topological polar surface area (TPSA) is 63.6 Å². The maximum absolute atomic E-state index is 10.3. The van der Waals surface area contributed by atoms with Gasteiger partial charge < -0.3 is 19.9 Å². The Labute approximate surface area is 101 Å². The third-order valence-corrected chi connectivity index (χ3v) is 3.00. The van der Waals surface area contributed by atoms with E-state index in [0.717, 1.165) is 0 Å². The van der Waals surface area contributed by atoms with Crippen LogP contribution in [-0.4, -0.2) is 42.6 Å². The summed E-state index contributed by atoms with van der Waals surface area (Å²) >= 11 is 0. The van der Waals surface area contributed by atoms with E-state index in [2.05, 4.69) is 10.3 Å². The summed E-state index contributed by atoms with van der Waals surface area (Å²) in [6.45, 7) is 1.68. The molecule has 1 aromatic rings. The first-order valence-corrected chi connectivity index (χ1v) is 5.76. The van der Waals surface area contributed by atoms with Crippen molar-refractivity contribution in [2.75, 3.05) is 32.2 Å². The Morgan fingerprint density at radius 3 is 3.00 bits per heavy atom. The maximum atomic E-state index is 10.3. The molecular weight excluding hydrogens is 220 g/mol. The minimum absolute atomic E-state index is 0.462. The van der Waals surface area contributed by atoms with Crippen molar-refractivity contribution < 1.29 is 14.6 Å². The molecule has 0 aromatic carbocycles. The SMILES string of the molecule is COc1cccnc1NCC1(O)CCOCC1. The van der Waals surface area contributed by atoms with E-state index in [0.29, 0.717) is 44.2 Å². The number of rotatable bonds is 4. The minimum atomic E-state index is -0.708. The third kappa shape index (κ3) is 3.08. The average Bonchev–Trinajstić information content (AvgIpc) is 2.38. The first-order chi connectivity index (χ1) is 8.23. The molecule has 0 aliphatic carbocycles. The Bertz CT molecular complexity index is 365. The van der Waals surface area contributed by atoms with E-state index in [1.165, 1.54) is 0 Å². The normalized spacial score (nSPS) is 18.7. The number of aliphatic hydroxyl groups is 1. The summed E-state index contributed by atoms with van der Waals surface area (Å²) in [5.41, 5.74) is -0.708. The van der Waals surface area contributed by atoms with E-state index in [1.54, 1.807) is 13.3 Å². The molecule has 0 amide bonds. The van der Waals surface area contributed by atoms with Crippen molar-refractivity contribution >= 4 is 5.82 Å². The number of ether oxygens (including phenoxy) is 2. The Kier molecular flexibility index (Phi) is 3.81. The van der Waals surface area contributed by atoms with Crippen molar-refractivity contribution in [3.05, 3.63) is 18.3 Å². The second-order valence-corrected chi connectivity index (χ2v) is 4.24. The van der Waals surface area contributed by atoms with Crippen molar-refractivity contribution in [1.29, 1.82) is 0 Å². The lowest BCUT2D eigenvalue weighted by Crippen LogP contribution is -2.42. The molecule has 0 bridgehead atoms. The van der Waals surface area contributed by atoms with Crippen LogP contribution in [0, 0.1) is 0 Å². The van der Waals surface area contributed by atoms with E-state index in [9.17, 15) is 5.11 Å². The highest BCUT2D eigenvalue weighted by Crippen LogP contribution is 2.24. The number of hydrogen-bond donors (Lipinski definition) is 2. The van der Waals surface area contributed by atoms with E-state index in [4.69, 9.17) is 9.47 Å². The van der Waals surface area contributed by atoms with Crippen molar-refractivity contribution in [1.82, 2.24) is 4.98 Å². The van der Waals surface area contributed by atoms with Gasteiger partial charge in [-0.05, 0) is 12.1 Å². The van der Waals surface area contributed by atoms with Crippen LogP contribution >= 0.6 is 0 Å². The predicted molar refractivity (Wildman–Crippen MR) is 64.3 cm³/mol. The van der Waals surface area contributed by atoms with Crippen LogP contribution in [0.2, 0.25) is 0 Å². The monoisotopic (exact) mass is 238 g/mol. The fourth-order valence-corrected chi connectivity index (χ4v) is 1.86. The van der Waals surface area contributed by atoms with Crippen molar-refractivity contribution in [2.45, 2.75) is 18.4 Å². The second-order valence-electron chi connectivity index (χ2n) is 4.24. The third-order valence-electron chi connectivity index (χ3n) is 3.00. The lowest BCUT2D eigenvalue weighted by molar-refractivity contribution is -0.0543. The number of anilines is 1. The summed E-state index contributed by atoms with van der Waals surface area (Å²) in [5.74, 6) is 1.35. The minimum Gasteiger partial charge on any atom is -0.493 e. The molecule has 5 nitrogen and oxygen atoms in total. The van der Waals surface area contributed by atoms with Crippen molar-refractivity contribution in [2.24, 2.45) is 0 Å². The molecule has 2 rings (SSSR count). The molecule has 2 N–H and O–H groups in total. The van der Waals surface area contributed by atoms with Gasteiger partial charge in [0.15, 0.2) is 11.6 Å². The van der Waals surface area contributed by atoms with Gasteiger partial charge in [0.2, 0.25) is 0 Å². The molecule has 1 saturated heterocycles. The predicted octanol–water partition coefficient (Wildman–Crippen LogP) is 1.04. The first-order valence-electron chi connectivity index (χ1n) is 5.76. The van der Waals surface area contributed by atoms with Crippen molar-refractivity contribution in [3.8, 4) is 5.75 Å². The molecule has 94 valence electrons. The lowest BCUT2D eigenvalue weighted by Gasteiger charge is -2.32. The van der Waals surface area contributed by atoms with E-state index >= 15 is 0 Å². The molecule has 0 unspecified atom stereocenters. The largest absolute Gasteiger partial charge is 0.493 e. The quantitative estimate of drug-likeness (QED) is 0.820. The van der Waals surface area contributed by atoms with Gasteiger partial charge >= 0.3 is 0 Å². The Morgan fingerprint density at radius 1 is 1.53 bits per heavy atom. The molecule has 0 radical (unpaired) electrons. The summed E-state index contributed by atoms with van der Waals surface area (Å²) in [4.78, 5) is 4.19. The fourth-order valence-electron chi connectivity index (χ4n) is 1.86. The molecule has 1 aliphatic rings. The summed E-state index contributed by atoms with van der Waals surface area (Å²) in [6, 6.07) is 3.65. The lowest BCUT2D eigenvalue weighted by atomic mass is 9.94. The fraction of sp³-hybridized carbons (Fsp3) is 0.583. The van der Waals surface area contributed by atoms with E-state index < -0.39 is 5.60 Å². The molecule has 2 heterocycles. The van der Waals surface area contributed by atoms with Gasteiger partial charge in [0, 0.05) is 38.8 Å². The van der Waals surface area contributed by atoms with Gasteiger partial charge in [0.25, 0.3) is 0 Å². The second kappa shape index (κ2) is 5.33. The molecular formula is C12H18N2O3. The zero-order chi connectivity index (χ0) is 12.1. The van der Waals surface area contributed by atoms with Crippen LogP contribution in [0.4, 0.5) is 5.82 Å². The van der Waals surface area contributed by atoms with Crippen LogP contribution < -0.4 is 10.1 Å². The van der Waals surface area contributed by atoms with Gasteiger partial charge in [0.05, 0.1) is 12.7 Å². The van der Waals surface area contributed by atoms with Gasteiger partial charge in [-0.3, -0.25) is 0 Å². The number of methoxy groups -OCH3 is 1. The van der Waals surface area contributed by atoms with Crippen LogP contribution in [0.15, 0.2) is 18.3 Å². The molecule has 0 spiro atoms. The van der Waals surface area contributed by atoms with Gasteiger partial charge in [-0.25, -0.2) is 4.98 Å². The molecule has 1 aliphatic heterocycles. The number of nitrogens with zero attached hydrogens (tertiary/aromatic N) is 1. The molecule has 5 heteroatoms. The molecule has 0 atom stereocenters. The van der Waals surface area contributed by atoms with Gasteiger partial charge in [-0.15, -0.1) is 0 Å². The zero-order valence-electron chi connectivity index (χ0n) is 9.98. The maximum Gasteiger partial charge on any atom is 0.168 e. The summed E-state index contributed by atoms with van der Waals surface area (Å²) in [6.07, 6.45) is 2.99. The zero-order valence-corrected chi connectivity index (χ0v) is 9.98.